The van der Waals surface area contributed by atoms with Crippen LogP contribution in [0.25, 0.3) is 11.0 Å². The van der Waals surface area contributed by atoms with Gasteiger partial charge in [0.2, 0.25) is 0 Å². The van der Waals surface area contributed by atoms with Crippen LogP contribution in [0, 0.1) is 13.8 Å². The molecule has 0 aliphatic carbocycles. The van der Waals surface area contributed by atoms with Gasteiger partial charge in [-0.15, -0.1) is 0 Å². The highest BCUT2D eigenvalue weighted by molar-refractivity contribution is 5.97. The summed E-state index contributed by atoms with van der Waals surface area (Å²) in [5, 5.41) is 7.30. The molecule has 0 aromatic carbocycles. The highest BCUT2D eigenvalue weighted by atomic mass is 15.2. The minimum atomic E-state index is 0.406. The molecule has 0 spiro atoms. The highest BCUT2D eigenvalue weighted by Gasteiger charge is 2.11. The number of pyridine rings is 1. The zero-order valence-corrected chi connectivity index (χ0v) is 7.55. The zero-order chi connectivity index (χ0) is 9.59. The van der Waals surface area contributed by atoms with Crippen molar-refractivity contribution in [3.8, 4) is 0 Å². The van der Waals surface area contributed by atoms with Gasteiger partial charge in [0.25, 0.3) is 0 Å². The van der Waals surface area contributed by atoms with Crippen LogP contribution in [0.1, 0.15) is 11.3 Å². The molecule has 0 amide bonds. The summed E-state index contributed by atoms with van der Waals surface area (Å²) >= 11 is 0. The SMILES string of the molecule is Cc1nc2[nH]nc(N)c2c(N)c1C. The van der Waals surface area contributed by atoms with Crippen molar-refractivity contribution in [2.75, 3.05) is 11.5 Å². The summed E-state index contributed by atoms with van der Waals surface area (Å²) in [7, 11) is 0. The molecule has 2 aromatic rings. The van der Waals surface area contributed by atoms with Gasteiger partial charge in [0.15, 0.2) is 11.5 Å². The lowest BCUT2D eigenvalue weighted by Crippen LogP contribution is -1.97. The van der Waals surface area contributed by atoms with Crippen molar-refractivity contribution in [1.29, 1.82) is 0 Å². The van der Waals surface area contributed by atoms with Gasteiger partial charge in [-0.3, -0.25) is 5.10 Å². The minimum Gasteiger partial charge on any atom is -0.398 e. The maximum atomic E-state index is 5.88. The fourth-order valence-corrected chi connectivity index (χ4v) is 1.33. The predicted octanol–water partition coefficient (Wildman–Crippen LogP) is 0.739. The molecule has 0 bridgehead atoms. The van der Waals surface area contributed by atoms with E-state index in [-0.39, 0.29) is 0 Å². The van der Waals surface area contributed by atoms with Crippen LogP contribution in [0.4, 0.5) is 11.5 Å². The molecule has 5 nitrogen and oxygen atoms in total. The molecule has 0 aliphatic heterocycles. The van der Waals surface area contributed by atoms with Gasteiger partial charge in [-0.1, -0.05) is 0 Å². The Morgan fingerprint density at radius 2 is 1.92 bits per heavy atom. The van der Waals surface area contributed by atoms with Crippen molar-refractivity contribution in [2.45, 2.75) is 13.8 Å². The summed E-state index contributed by atoms with van der Waals surface area (Å²) in [6.45, 7) is 3.83. The molecular weight excluding hydrogens is 166 g/mol. The topological polar surface area (TPSA) is 93.6 Å². The summed E-state index contributed by atoms with van der Waals surface area (Å²) in [4.78, 5) is 4.28. The molecule has 5 N–H and O–H groups in total. The molecule has 0 unspecified atom stereocenters. The number of nitrogen functional groups attached to an aromatic ring is 2. The number of hydrogen-bond acceptors (Lipinski definition) is 4. The first-order valence-electron chi connectivity index (χ1n) is 3.97. The first-order chi connectivity index (χ1) is 6.11. The van der Waals surface area contributed by atoms with E-state index in [2.05, 4.69) is 15.2 Å². The van der Waals surface area contributed by atoms with Crippen molar-refractivity contribution in [3.05, 3.63) is 11.3 Å². The predicted molar refractivity (Wildman–Crippen MR) is 52.2 cm³/mol. The average Bonchev–Trinajstić information content (AvgIpc) is 2.43. The van der Waals surface area contributed by atoms with Gasteiger partial charge in [0.1, 0.15) is 0 Å². The normalized spacial score (nSPS) is 10.9. The molecule has 0 fully saturated rings. The Labute approximate surface area is 75.1 Å². The lowest BCUT2D eigenvalue weighted by molar-refractivity contribution is 1.09. The quantitative estimate of drug-likeness (QED) is 0.553. The maximum absolute atomic E-state index is 5.88. The number of anilines is 2. The number of aromatic amines is 1. The van der Waals surface area contributed by atoms with Crippen molar-refractivity contribution in [2.24, 2.45) is 0 Å². The lowest BCUT2D eigenvalue weighted by atomic mass is 10.1. The molecule has 2 rings (SSSR count). The van der Waals surface area contributed by atoms with Crippen LogP contribution in [-0.2, 0) is 0 Å². The van der Waals surface area contributed by atoms with E-state index in [1.807, 2.05) is 13.8 Å². The second-order valence-corrected chi connectivity index (χ2v) is 3.07. The van der Waals surface area contributed by atoms with Crippen LogP contribution < -0.4 is 11.5 Å². The van der Waals surface area contributed by atoms with Gasteiger partial charge in [-0.2, -0.15) is 5.10 Å². The second kappa shape index (κ2) is 2.35. The fourth-order valence-electron chi connectivity index (χ4n) is 1.33. The number of H-pyrrole nitrogens is 1. The number of nitrogens with one attached hydrogen (secondary N) is 1. The molecule has 0 saturated heterocycles. The fraction of sp³-hybridized carbons (Fsp3) is 0.250. The van der Waals surface area contributed by atoms with E-state index in [0.717, 1.165) is 16.6 Å². The monoisotopic (exact) mass is 177 g/mol. The molecule has 0 atom stereocenters. The third-order valence-corrected chi connectivity index (χ3v) is 2.27. The van der Waals surface area contributed by atoms with Crippen LogP contribution in [0.2, 0.25) is 0 Å². The van der Waals surface area contributed by atoms with E-state index in [9.17, 15) is 0 Å². The van der Waals surface area contributed by atoms with E-state index in [1.54, 1.807) is 0 Å². The summed E-state index contributed by atoms with van der Waals surface area (Å²) in [6, 6.07) is 0. The molecule has 68 valence electrons. The Bertz CT molecular complexity index is 471. The van der Waals surface area contributed by atoms with Crippen molar-refractivity contribution in [1.82, 2.24) is 15.2 Å². The number of aryl methyl sites for hydroxylation is 1. The Balaban J connectivity index is 2.97. The van der Waals surface area contributed by atoms with E-state index < -0.39 is 0 Å². The Hall–Kier alpha value is -1.78. The van der Waals surface area contributed by atoms with Gasteiger partial charge in [0, 0.05) is 5.69 Å². The van der Waals surface area contributed by atoms with Gasteiger partial charge in [-0.25, -0.2) is 4.98 Å². The number of aromatic nitrogens is 3. The van der Waals surface area contributed by atoms with Crippen molar-refractivity contribution < 1.29 is 0 Å². The van der Waals surface area contributed by atoms with E-state index in [0.29, 0.717) is 17.2 Å². The zero-order valence-electron chi connectivity index (χ0n) is 7.55. The lowest BCUT2D eigenvalue weighted by Gasteiger charge is -2.04. The van der Waals surface area contributed by atoms with Gasteiger partial charge < -0.3 is 11.5 Å². The average molecular weight is 177 g/mol. The maximum Gasteiger partial charge on any atom is 0.159 e. The molecule has 2 aromatic heterocycles. The molecular formula is C8H11N5. The number of hydrogen-bond donors (Lipinski definition) is 3. The van der Waals surface area contributed by atoms with E-state index in [1.165, 1.54) is 0 Å². The first kappa shape index (κ1) is 7.85. The number of rotatable bonds is 0. The highest BCUT2D eigenvalue weighted by Crippen LogP contribution is 2.27. The smallest absolute Gasteiger partial charge is 0.159 e. The van der Waals surface area contributed by atoms with Crippen molar-refractivity contribution in [3.63, 3.8) is 0 Å². The first-order valence-corrected chi connectivity index (χ1v) is 3.97. The summed E-state index contributed by atoms with van der Waals surface area (Å²) < 4.78 is 0. The summed E-state index contributed by atoms with van der Waals surface area (Å²) in [5.41, 5.74) is 14.7. The number of fused-ring (bicyclic) bond motifs is 1. The van der Waals surface area contributed by atoms with Crippen LogP contribution >= 0.6 is 0 Å². The van der Waals surface area contributed by atoms with E-state index >= 15 is 0 Å². The third-order valence-electron chi connectivity index (χ3n) is 2.27. The van der Waals surface area contributed by atoms with Gasteiger partial charge in [0.05, 0.1) is 11.1 Å². The molecule has 2 heterocycles. The number of nitrogens with zero attached hydrogens (tertiary/aromatic N) is 2. The molecule has 0 radical (unpaired) electrons. The Kier molecular flexibility index (Phi) is 1.42. The standard InChI is InChI=1S/C8H11N5/c1-3-4(2)11-8-5(6(3)9)7(10)12-13-8/h1-2H3,(H5,9,10,11,12,13). The third kappa shape index (κ3) is 0.932. The van der Waals surface area contributed by atoms with E-state index in [4.69, 9.17) is 11.5 Å². The molecule has 13 heavy (non-hydrogen) atoms. The van der Waals surface area contributed by atoms with Gasteiger partial charge >= 0.3 is 0 Å². The molecule has 5 heteroatoms. The summed E-state index contributed by atoms with van der Waals surface area (Å²) in [5.74, 6) is 0.406. The van der Waals surface area contributed by atoms with Crippen LogP contribution in [0.3, 0.4) is 0 Å². The second-order valence-electron chi connectivity index (χ2n) is 3.07. The van der Waals surface area contributed by atoms with Crippen LogP contribution in [0.15, 0.2) is 0 Å². The van der Waals surface area contributed by atoms with Crippen molar-refractivity contribution >= 4 is 22.5 Å². The van der Waals surface area contributed by atoms with Crippen LogP contribution in [-0.4, -0.2) is 15.2 Å². The Morgan fingerprint density at radius 3 is 2.62 bits per heavy atom. The minimum absolute atomic E-state index is 0.406. The molecule has 0 saturated carbocycles. The largest absolute Gasteiger partial charge is 0.398 e. The van der Waals surface area contributed by atoms with Gasteiger partial charge in [-0.05, 0) is 19.4 Å². The Morgan fingerprint density at radius 1 is 1.23 bits per heavy atom. The van der Waals surface area contributed by atoms with Crippen LogP contribution in [0.5, 0.6) is 0 Å². The summed E-state index contributed by atoms with van der Waals surface area (Å²) in [6.07, 6.45) is 0. The number of nitrogens with two attached hydrogens (primary N) is 2. The molecule has 0 aliphatic rings.